The molecule has 15 heavy (non-hydrogen) atoms. The van der Waals surface area contributed by atoms with Crippen molar-refractivity contribution in [3.63, 3.8) is 0 Å². The second-order valence-electron chi connectivity index (χ2n) is 4.38. The van der Waals surface area contributed by atoms with E-state index >= 15 is 0 Å². The topological polar surface area (TPSA) is 23.5 Å². The molecule has 1 aliphatic heterocycles. The summed E-state index contributed by atoms with van der Waals surface area (Å²) in [5, 5.41) is 9.52. The molecular weight excluding hydrogens is 193 g/mol. The number of hydrogen-bond donors (Lipinski definition) is 1. The molecule has 0 aliphatic carbocycles. The Labute approximate surface area is 89.3 Å². The summed E-state index contributed by atoms with van der Waals surface area (Å²) in [6.45, 7) is 4.94. The maximum absolute atomic E-state index is 13.1. The van der Waals surface area contributed by atoms with Gasteiger partial charge in [0.25, 0.3) is 0 Å². The number of hydrogen-bond acceptors (Lipinski definition) is 2. The Morgan fingerprint density at radius 2 is 2.33 bits per heavy atom. The van der Waals surface area contributed by atoms with Crippen LogP contribution in [0.25, 0.3) is 0 Å². The number of phenolic OH excluding ortho intramolecular Hbond substituents is 1. The predicted octanol–water partition coefficient (Wildman–Crippen LogP) is 2.37. The molecule has 0 aromatic heterocycles. The molecule has 0 bridgehead atoms. The van der Waals surface area contributed by atoms with Crippen molar-refractivity contribution in [1.82, 2.24) is 4.90 Å². The Bertz CT molecular complexity index is 353. The molecule has 3 heteroatoms. The largest absolute Gasteiger partial charge is 0.505 e. The first-order valence-electron chi connectivity index (χ1n) is 5.35. The third-order valence-electron chi connectivity index (χ3n) is 2.97. The Morgan fingerprint density at radius 1 is 1.53 bits per heavy atom. The number of nitrogens with zero attached hydrogens (tertiary/aromatic N) is 1. The van der Waals surface area contributed by atoms with Gasteiger partial charge in [-0.2, -0.15) is 0 Å². The maximum Gasteiger partial charge on any atom is 0.165 e. The summed E-state index contributed by atoms with van der Waals surface area (Å²) in [5.41, 5.74) is 0.684. The van der Waals surface area contributed by atoms with Crippen molar-refractivity contribution >= 4 is 0 Å². The van der Waals surface area contributed by atoms with Crippen molar-refractivity contribution in [2.75, 3.05) is 13.1 Å². The summed E-state index contributed by atoms with van der Waals surface area (Å²) in [5.74, 6) is -0.0162. The molecule has 82 valence electrons. The van der Waals surface area contributed by atoms with Gasteiger partial charge in [0.1, 0.15) is 0 Å². The summed E-state index contributed by atoms with van der Waals surface area (Å²) in [6.07, 6.45) is 1.19. The van der Waals surface area contributed by atoms with Crippen molar-refractivity contribution in [3.05, 3.63) is 29.6 Å². The first kappa shape index (κ1) is 10.4. The SMILES string of the molecule is CC1CCN(Cc2cccc(F)c2O)C1. The zero-order valence-electron chi connectivity index (χ0n) is 8.91. The molecular formula is C12H16FNO. The molecule has 2 rings (SSSR count). The molecule has 0 spiro atoms. The Kier molecular flexibility index (Phi) is 2.91. The standard InChI is InChI=1S/C12H16FNO/c1-9-5-6-14(7-9)8-10-3-2-4-11(13)12(10)15/h2-4,9,15H,5-8H2,1H3. The summed E-state index contributed by atoms with van der Waals surface area (Å²) in [6, 6.07) is 4.71. The summed E-state index contributed by atoms with van der Waals surface area (Å²) in [7, 11) is 0. The highest BCUT2D eigenvalue weighted by Gasteiger charge is 2.19. The second-order valence-corrected chi connectivity index (χ2v) is 4.38. The lowest BCUT2D eigenvalue weighted by atomic mass is 10.1. The molecule has 1 saturated heterocycles. The van der Waals surface area contributed by atoms with Crippen molar-refractivity contribution in [2.45, 2.75) is 19.9 Å². The van der Waals surface area contributed by atoms with Gasteiger partial charge in [0, 0.05) is 18.7 Å². The third-order valence-corrected chi connectivity index (χ3v) is 2.97. The van der Waals surface area contributed by atoms with Crippen LogP contribution in [0.3, 0.4) is 0 Å². The number of para-hydroxylation sites is 1. The van der Waals surface area contributed by atoms with Crippen LogP contribution in [0.1, 0.15) is 18.9 Å². The number of phenols is 1. The number of rotatable bonds is 2. The first-order chi connectivity index (χ1) is 7.16. The van der Waals surface area contributed by atoms with Gasteiger partial charge in [-0.25, -0.2) is 4.39 Å². The number of likely N-dealkylation sites (tertiary alicyclic amines) is 1. The van der Waals surface area contributed by atoms with E-state index in [1.807, 2.05) is 0 Å². The molecule has 0 radical (unpaired) electrons. The van der Waals surface area contributed by atoms with E-state index in [1.54, 1.807) is 12.1 Å². The van der Waals surface area contributed by atoms with Crippen LogP contribution in [-0.4, -0.2) is 23.1 Å². The third kappa shape index (κ3) is 2.29. The van der Waals surface area contributed by atoms with Gasteiger partial charge >= 0.3 is 0 Å². The number of aromatic hydroxyl groups is 1. The van der Waals surface area contributed by atoms with Crippen LogP contribution in [0, 0.1) is 11.7 Å². The Hall–Kier alpha value is -1.09. The molecule has 1 atom stereocenters. The lowest BCUT2D eigenvalue weighted by Gasteiger charge is -2.16. The summed E-state index contributed by atoms with van der Waals surface area (Å²) < 4.78 is 13.1. The predicted molar refractivity (Wildman–Crippen MR) is 57.1 cm³/mol. The van der Waals surface area contributed by atoms with Gasteiger partial charge in [-0.15, -0.1) is 0 Å². The average Bonchev–Trinajstić information content (AvgIpc) is 2.59. The van der Waals surface area contributed by atoms with Crippen LogP contribution < -0.4 is 0 Å². The van der Waals surface area contributed by atoms with E-state index in [1.165, 1.54) is 12.5 Å². The highest BCUT2D eigenvalue weighted by atomic mass is 19.1. The van der Waals surface area contributed by atoms with Crippen LogP contribution in [0.15, 0.2) is 18.2 Å². The van der Waals surface area contributed by atoms with Crippen LogP contribution in [-0.2, 0) is 6.54 Å². The minimum absolute atomic E-state index is 0.197. The van der Waals surface area contributed by atoms with E-state index in [9.17, 15) is 9.50 Å². The first-order valence-corrected chi connectivity index (χ1v) is 5.35. The van der Waals surface area contributed by atoms with E-state index < -0.39 is 5.82 Å². The normalized spacial score (nSPS) is 22.1. The molecule has 1 aromatic rings. The molecule has 1 N–H and O–H groups in total. The molecule has 1 aromatic carbocycles. The van der Waals surface area contributed by atoms with Crippen molar-refractivity contribution in [3.8, 4) is 5.75 Å². The second kappa shape index (κ2) is 4.19. The van der Waals surface area contributed by atoms with Crippen molar-refractivity contribution in [1.29, 1.82) is 0 Å². The van der Waals surface area contributed by atoms with Crippen LogP contribution in [0.4, 0.5) is 4.39 Å². The molecule has 2 nitrogen and oxygen atoms in total. The van der Waals surface area contributed by atoms with Gasteiger partial charge in [-0.1, -0.05) is 19.1 Å². The maximum atomic E-state index is 13.1. The Morgan fingerprint density at radius 3 is 3.00 bits per heavy atom. The molecule has 0 saturated carbocycles. The zero-order valence-corrected chi connectivity index (χ0v) is 8.91. The minimum atomic E-state index is -0.528. The quantitative estimate of drug-likeness (QED) is 0.808. The molecule has 1 unspecified atom stereocenters. The van der Waals surface area contributed by atoms with Gasteiger partial charge in [0.15, 0.2) is 11.6 Å². The highest BCUT2D eigenvalue weighted by Crippen LogP contribution is 2.24. The fourth-order valence-corrected chi connectivity index (χ4v) is 2.10. The van der Waals surface area contributed by atoms with Gasteiger partial charge in [0.2, 0.25) is 0 Å². The van der Waals surface area contributed by atoms with Crippen molar-refractivity contribution < 1.29 is 9.50 Å². The molecule has 1 fully saturated rings. The molecule has 0 amide bonds. The van der Waals surface area contributed by atoms with E-state index in [0.29, 0.717) is 18.0 Å². The van der Waals surface area contributed by atoms with E-state index in [0.717, 1.165) is 13.1 Å². The number of benzene rings is 1. The summed E-state index contributed by atoms with van der Waals surface area (Å²) >= 11 is 0. The summed E-state index contributed by atoms with van der Waals surface area (Å²) in [4.78, 5) is 2.25. The van der Waals surface area contributed by atoms with E-state index in [4.69, 9.17) is 0 Å². The fourth-order valence-electron chi connectivity index (χ4n) is 2.10. The van der Waals surface area contributed by atoms with E-state index in [-0.39, 0.29) is 5.75 Å². The van der Waals surface area contributed by atoms with Crippen molar-refractivity contribution in [2.24, 2.45) is 5.92 Å². The van der Waals surface area contributed by atoms with Gasteiger partial charge in [-0.05, 0) is 24.9 Å². The zero-order chi connectivity index (χ0) is 10.8. The number of halogens is 1. The van der Waals surface area contributed by atoms with Crippen LogP contribution >= 0.6 is 0 Å². The monoisotopic (exact) mass is 209 g/mol. The molecule has 1 heterocycles. The van der Waals surface area contributed by atoms with Crippen LogP contribution in [0.5, 0.6) is 5.75 Å². The lowest BCUT2D eigenvalue weighted by Crippen LogP contribution is -2.19. The highest BCUT2D eigenvalue weighted by molar-refractivity contribution is 5.33. The minimum Gasteiger partial charge on any atom is -0.505 e. The smallest absolute Gasteiger partial charge is 0.165 e. The van der Waals surface area contributed by atoms with Crippen LogP contribution in [0.2, 0.25) is 0 Å². The van der Waals surface area contributed by atoms with E-state index in [2.05, 4.69) is 11.8 Å². The fraction of sp³-hybridized carbons (Fsp3) is 0.500. The Balaban J connectivity index is 2.07. The van der Waals surface area contributed by atoms with Gasteiger partial charge < -0.3 is 5.11 Å². The molecule has 1 aliphatic rings. The van der Waals surface area contributed by atoms with Gasteiger partial charge in [0.05, 0.1) is 0 Å². The van der Waals surface area contributed by atoms with Gasteiger partial charge in [-0.3, -0.25) is 4.90 Å². The lowest BCUT2D eigenvalue weighted by molar-refractivity contribution is 0.311. The average molecular weight is 209 g/mol.